The Labute approximate surface area is 98.7 Å². The smallest absolute Gasteiger partial charge is 0.319 e. The van der Waals surface area contributed by atoms with Crippen molar-refractivity contribution in [3.63, 3.8) is 0 Å². The van der Waals surface area contributed by atoms with E-state index in [1.165, 1.54) is 7.11 Å². The van der Waals surface area contributed by atoms with Gasteiger partial charge in [-0.1, -0.05) is 12.1 Å². The zero-order valence-electron chi connectivity index (χ0n) is 9.51. The van der Waals surface area contributed by atoms with Crippen LogP contribution in [0.25, 0.3) is 11.4 Å². The molecule has 0 amide bonds. The van der Waals surface area contributed by atoms with Crippen LogP contribution < -0.4 is 4.74 Å². The number of methoxy groups -OCH3 is 1. The maximum absolute atomic E-state index is 9.02. The lowest BCUT2D eigenvalue weighted by Gasteiger charge is -2.04. The first kappa shape index (κ1) is 11.0. The van der Waals surface area contributed by atoms with Gasteiger partial charge in [0.15, 0.2) is 5.82 Å². The summed E-state index contributed by atoms with van der Waals surface area (Å²) in [6, 6.07) is 9.52. The first-order chi connectivity index (χ1) is 8.24. The highest BCUT2D eigenvalue weighted by atomic mass is 16.5. The van der Waals surface area contributed by atoms with E-state index in [1.807, 2.05) is 6.07 Å². The van der Waals surface area contributed by atoms with E-state index in [1.54, 1.807) is 25.1 Å². The van der Waals surface area contributed by atoms with Gasteiger partial charge in [0.1, 0.15) is 5.82 Å². The summed E-state index contributed by atoms with van der Waals surface area (Å²) in [7, 11) is 1.49. The van der Waals surface area contributed by atoms with Gasteiger partial charge in [0.2, 0.25) is 0 Å². The third kappa shape index (κ3) is 2.21. The fraction of sp³-hybridized carbons (Fsp3) is 0.167. The summed E-state index contributed by atoms with van der Waals surface area (Å²) in [4.78, 5) is 12.3. The molecule has 2 aromatic rings. The molecule has 0 fully saturated rings. The first-order valence-corrected chi connectivity index (χ1v) is 5.00. The summed E-state index contributed by atoms with van der Waals surface area (Å²) >= 11 is 0. The number of ether oxygens (including phenoxy) is 1. The molecule has 17 heavy (non-hydrogen) atoms. The standard InChI is InChI=1S/C12H10N4O/c1-8-14-11(16-12(15-8)17-2)10-6-4-3-5-9(10)7-13/h3-6H,1-2H3. The minimum absolute atomic E-state index is 0.250. The second-order valence-corrected chi connectivity index (χ2v) is 3.35. The van der Waals surface area contributed by atoms with Crippen LogP contribution >= 0.6 is 0 Å². The zero-order valence-corrected chi connectivity index (χ0v) is 9.51. The molecule has 1 aromatic carbocycles. The number of rotatable bonds is 2. The van der Waals surface area contributed by atoms with Gasteiger partial charge < -0.3 is 4.74 Å². The average Bonchev–Trinajstić information content (AvgIpc) is 2.37. The van der Waals surface area contributed by atoms with Crippen molar-refractivity contribution < 1.29 is 4.74 Å². The Morgan fingerprint density at radius 1 is 1.18 bits per heavy atom. The van der Waals surface area contributed by atoms with Gasteiger partial charge in [0.25, 0.3) is 0 Å². The lowest BCUT2D eigenvalue weighted by molar-refractivity contribution is 0.377. The molecule has 0 atom stereocenters. The molecule has 1 aromatic heterocycles. The van der Waals surface area contributed by atoms with Crippen LogP contribution in [-0.2, 0) is 0 Å². The van der Waals surface area contributed by atoms with Crippen molar-refractivity contribution >= 4 is 0 Å². The second-order valence-electron chi connectivity index (χ2n) is 3.35. The summed E-state index contributed by atoms with van der Waals surface area (Å²) in [5, 5.41) is 9.02. The Morgan fingerprint density at radius 2 is 1.94 bits per heavy atom. The lowest BCUT2D eigenvalue weighted by Crippen LogP contribution is -2.00. The summed E-state index contributed by atoms with van der Waals surface area (Å²) in [5.41, 5.74) is 1.21. The van der Waals surface area contributed by atoms with Crippen LogP contribution in [0.3, 0.4) is 0 Å². The van der Waals surface area contributed by atoms with Gasteiger partial charge in [-0.25, -0.2) is 4.98 Å². The van der Waals surface area contributed by atoms with Crippen LogP contribution in [0, 0.1) is 18.3 Å². The Bertz CT molecular complexity index is 589. The van der Waals surface area contributed by atoms with Crippen LogP contribution in [0.1, 0.15) is 11.4 Å². The van der Waals surface area contributed by atoms with Crippen molar-refractivity contribution in [1.29, 1.82) is 5.26 Å². The van der Waals surface area contributed by atoms with Gasteiger partial charge in [-0.15, -0.1) is 0 Å². The average molecular weight is 226 g/mol. The van der Waals surface area contributed by atoms with Gasteiger partial charge in [-0.05, 0) is 19.1 Å². The van der Waals surface area contributed by atoms with Crippen LogP contribution in [0.2, 0.25) is 0 Å². The lowest BCUT2D eigenvalue weighted by atomic mass is 10.1. The summed E-state index contributed by atoms with van der Waals surface area (Å²) < 4.78 is 4.99. The quantitative estimate of drug-likeness (QED) is 0.779. The number of nitriles is 1. The molecule has 0 aliphatic carbocycles. The zero-order chi connectivity index (χ0) is 12.3. The van der Waals surface area contributed by atoms with Crippen LogP contribution in [0.15, 0.2) is 24.3 Å². The van der Waals surface area contributed by atoms with E-state index in [9.17, 15) is 0 Å². The fourth-order valence-corrected chi connectivity index (χ4v) is 1.44. The molecule has 0 saturated heterocycles. The number of hydrogen-bond acceptors (Lipinski definition) is 5. The summed E-state index contributed by atoms with van der Waals surface area (Å²) in [6.45, 7) is 1.75. The SMILES string of the molecule is COc1nc(C)nc(-c2ccccc2C#N)n1. The van der Waals surface area contributed by atoms with Crippen LogP contribution in [0.4, 0.5) is 0 Å². The monoisotopic (exact) mass is 226 g/mol. The van der Waals surface area contributed by atoms with E-state index in [0.29, 0.717) is 22.8 Å². The maximum Gasteiger partial charge on any atom is 0.319 e. The molecule has 5 heteroatoms. The molecular formula is C12H10N4O. The molecule has 84 valence electrons. The van der Waals surface area contributed by atoms with Gasteiger partial charge in [-0.2, -0.15) is 15.2 Å². The molecule has 0 spiro atoms. The minimum Gasteiger partial charge on any atom is -0.467 e. The van der Waals surface area contributed by atoms with E-state index >= 15 is 0 Å². The third-order valence-electron chi connectivity index (χ3n) is 2.20. The highest BCUT2D eigenvalue weighted by Gasteiger charge is 2.10. The molecular weight excluding hydrogens is 216 g/mol. The Hall–Kier alpha value is -2.48. The van der Waals surface area contributed by atoms with Crippen molar-refractivity contribution in [3.05, 3.63) is 35.7 Å². The van der Waals surface area contributed by atoms with E-state index in [0.717, 1.165) is 0 Å². The number of benzene rings is 1. The number of aryl methyl sites for hydroxylation is 1. The molecule has 0 saturated carbocycles. The van der Waals surface area contributed by atoms with Gasteiger partial charge in [0, 0.05) is 5.56 Å². The van der Waals surface area contributed by atoms with Crippen molar-refractivity contribution in [2.24, 2.45) is 0 Å². The van der Waals surface area contributed by atoms with Crippen molar-refractivity contribution in [2.45, 2.75) is 6.92 Å². The van der Waals surface area contributed by atoms with Gasteiger partial charge in [0.05, 0.1) is 18.7 Å². The molecule has 0 bridgehead atoms. The molecule has 5 nitrogen and oxygen atoms in total. The molecule has 0 unspecified atom stereocenters. The first-order valence-electron chi connectivity index (χ1n) is 5.00. The number of hydrogen-bond donors (Lipinski definition) is 0. The van der Waals surface area contributed by atoms with E-state index in [-0.39, 0.29) is 6.01 Å². The summed E-state index contributed by atoms with van der Waals surface area (Å²) in [5.74, 6) is 1.01. The van der Waals surface area contributed by atoms with Crippen molar-refractivity contribution in [1.82, 2.24) is 15.0 Å². The fourth-order valence-electron chi connectivity index (χ4n) is 1.44. The van der Waals surface area contributed by atoms with Crippen LogP contribution in [-0.4, -0.2) is 22.1 Å². The molecule has 0 radical (unpaired) electrons. The second kappa shape index (κ2) is 4.58. The highest BCUT2D eigenvalue weighted by Crippen LogP contribution is 2.20. The van der Waals surface area contributed by atoms with Crippen LogP contribution in [0.5, 0.6) is 6.01 Å². The Kier molecular flexibility index (Phi) is 2.97. The van der Waals surface area contributed by atoms with Gasteiger partial charge >= 0.3 is 6.01 Å². The van der Waals surface area contributed by atoms with Crippen molar-refractivity contribution in [2.75, 3.05) is 7.11 Å². The largest absolute Gasteiger partial charge is 0.467 e. The molecule has 0 N–H and O–H groups in total. The number of nitrogens with zero attached hydrogens (tertiary/aromatic N) is 4. The maximum atomic E-state index is 9.02. The highest BCUT2D eigenvalue weighted by molar-refractivity contribution is 5.64. The Morgan fingerprint density at radius 3 is 2.65 bits per heavy atom. The predicted octanol–water partition coefficient (Wildman–Crippen LogP) is 1.73. The molecule has 1 heterocycles. The number of aromatic nitrogens is 3. The third-order valence-corrected chi connectivity index (χ3v) is 2.20. The minimum atomic E-state index is 0.250. The molecule has 0 aliphatic heterocycles. The van der Waals surface area contributed by atoms with Gasteiger partial charge in [-0.3, -0.25) is 0 Å². The molecule has 2 rings (SSSR count). The molecule has 0 aliphatic rings. The van der Waals surface area contributed by atoms with E-state index in [4.69, 9.17) is 10.00 Å². The topological polar surface area (TPSA) is 71.7 Å². The Balaban J connectivity index is 2.60. The van der Waals surface area contributed by atoms with E-state index in [2.05, 4.69) is 21.0 Å². The van der Waals surface area contributed by atoms with Crippen molar-refractivity contribution in [3.8, 4) is 23.5 Å². The predicted molar refractivity (Wildman–Crippen MR) is 61.3 cm³/mol. The normalized spacial score (nSPS) is 9.71. The summed E-state index contributed by atoms with van der Waals surface area (Å²) in [6.07, 6.45) is 0. The van der Waals surface area contributed by atoms with E-state index < -0.39 is 0 Å².